The summed E-state index contributed by atoms with van der Waals surface area (Å²) in [5, 5.41) is 0.557. The van der Waals surface area contributed by atoms with Crippen molar-refractivity contribution in [3.05, 3.63) is 5.15 Å². The quantitative estimate of drug-likeness (QED) is 0.762. The first-order chi connectivity index (χ1) is 6.31. The topological polar surface area (TPSA) is 29.0 Å². The molecule has 0 spiro atoms. The number of aromatic nitrogens is 2. The van der Waals surface area contributed by atoms with Gasteiger partial charge in [-0.2, -0.15) is 8.75 Å². The van der Waals surface area contributed by atoms with Crippen molar-refractivity contribution in [2.75, 3.05) is 18.0 Å². The van der Waals surface area contributed by atoms with E-state index in [-0.39, 0.29) is 0 Å². The summed E-state index contributed by atoms with van der Waals surface area (Å²) in [7, 11) is 0. The summed E-state index contributed by atoms with van der Waals surface area (Å²) in [6, 6.07) is 0. The molecule has 1 unspecified atom stereocenters. The molecule has 2 heterocycles. The largest absolute Gasteiger partial charge is 0.353 e. The second kappa shape index (κ2) is 3.80. The van der Waals surface area contributed by atoms with Gasteiger partial charge in [0.15, 0.2) is 11.0 Å². The smallest absolute Gasteiger partial charge is 0.187 e. The maximum absolute atomic E-state index is 5.91. The Hall–Kier alpha value is -0.350. The zero-order valence-electron chi connectivity index (χ0n) is 7.53. The van der Waals surface area contributed by atoms with E-state index in [4.69, 9.17) is 11.6 Å². The SMILES string of the molecule is CCC1CCN(c2nsnc2Cl)C1. The van der Waals surface area contributed by atoms with Crippen LogP contribution in [0.1, 0.15) is 19.8 Å². The monoisotopic (exact) mass is 217 g/mol. The van der Waals surface area contributed by atoms with Gasteiger partial charge in [0.2, 0.25) is 0 Å². The van der Waals surface area contributed by atoms with Gasteiger partial charge in [-0.15, -0.1) is 0 Å². The summed E-state index contributed by atoms with van der Waals surface area (Å²) in [5.74, 6) is 1.68. The van der Waals surface area contributed by atoms with E-state index < -0.39 is 0 Å². The Morgan fingerprint density at radius 3 is 3.00 bits per heavy atom. The summed E-state index contributed by atoms with van der Waals surface area (Å²) in [6.07, 6.45) is 2.50. The molecule has 1 aromatic heterocycles. The fraction of sp³-hybridized carbons (Fsp3) is 0.750. The summed E-state index contributed by atoms with van der Waals surface area (Å²) in [4.78, 5) is 2.24. The lowest BCUT2D eigenvalue weighted by molar-refractivity contribution is 0.569. The number of hydrogen-bond acceptors (Lipinski definition) is 4. The van der Waals surface area contributed by atoms with Gasteiger partial charge in [-0.25, -0.2) is 0 Å². The van der Waals surface area contributed by atoms with E-state index in [2.05, 4.69) is 20.6 Å². The van der Waals surface area contributed by atoms with Crippen molar-refractivity contribution in [1.29, 1.82) is 0 Å². The number of rotatable bonds is 2. The molecule has 1 aromatic rings. The van der Waals surface area contributed by atoms with Crippen molar-refractivity contribution in [3.8, 4) is 0 Å². The Morgan fingerprint density at radius 2 is 2.46 bits per heavy atom. The molecule has 72 valence electrons. The fourth-order valence-electron chi connectivity index (χ4n) is 1.72. The lowest BCUT2D eigenvalue weighted by atomic mass is 10.1. The minimum atomic E-state index is 0.557. The van der Waals surface area contributed by atoms with E-state index in [0.717, 1.165) is 24.8 Å². The summed E-state index contributed by atoms with van der Waals surface area (Å²) >= 11 is 7.09. The lowest BCUT2D eigenvalue weighted by Gasteiger charge is -2.14. The summed E-state index contributed by atoms with van der Waals surface area (Å²) in [5.41, 5.74) is 0. The van der Waals surface area contributed by atoms with Crippen molar-refractivity contribution in [2.45, 2.75) is 19.8 Å². The van der Waals surface area contributed by atoms with Crippen molar-refractivity contribution in [2.24, 2.45) is 5.92 Å². The Morgan fingerprint density at radius 1 is 1.62 bits per heavy atom. The number of halogens is 1. The van der Waals surface area contributed by atoms with Crippen molar-refractivity contribution in [3.63, 3.8) is 0 Å². The molecular formula is C8H12ClN3S. The number of nitrogens with zero attached hydrogens (tertiary/aromatic N) is 3. The van der Waals surface area contributed by atoms with E-state index in [0.29, 0.717) is 5.15 Å². The van der Waals surface area contributed by atoms with Crippen LogP contribution in [-0.2, 0) is 0 Å². The third-order valence-electron chi connectivity index (χ3n) is 2.60. The van der Waals surface area contributed by atoms with E-state index >= 15 is 0 Å². The van der Waals surface area contributed by atoms with Crippen LogP contribution < -0.4 is 4.90 Å². The highest BCUT2D eigenvalue weighted by Crippen LogP contribution is 2.29. The first kappa shape index (κ1) is 9.21. The lowest BCUT2D eigenvalue weighted by Crippen LogP contribution is -2.20. The molecule has 1 fully saturated rings. The Kier molecular flexibility index (Phi) is 2.69. The number of anilines is 1. The highest BCUT2D eigenvalue weighted by molar-refractivity contribution is 6.99. The summed E-state index contributed by atoms with van der Waals surface area (Å²) < 4.78 is 8.16. The second-order valence-electron chi connectivity index (χ2n) is 3.39. The number of hydrogen-bond donors (Lipinski definition) is 0. The van der Waals surface area contributed by atoms with Crippen LogP contribution in [0.4, 0.5) is 5.82 Å². The molecule has 0 bridgehead atoms. The molecule has 0 aromatic carbocycles. The third kappa shape index (κ3) is 1.79. The van der Waals surface area contributed by atoms with Gasteiger partial charge in [0.25, 0.3) is 0 Å². The van der Waals surface area contributed by atoms with Crippen molar-refractivity contribution < 1.29 is 0 Å². The zero-order chi connectivity index (χ0) is 9.26. The van der Waals surface area contributed by atoms with Gasteiger partial charge in [0, 0.05) is 13.1 Å². The molecule has 1 atom stereocenters. The molecule has 3 nitrogen and oxygen atoms in total. The van der Waals surface area contributed by atoms with Crippen molar-refractivity contribution in [1.82, 2.24) is 8.75 Å². The molecule has 0 amide bonds. The van der Waals surface area contributed by atoms with Crippen molar-refractivity contribution >= 4 is 29.1 Å². The van der Waals surface area contributed by atoms with E-state index in [1.165, 1.54) is 24.6 Å². The minimum Gasteiger partial charge on any atom is -0.353 e. The van der Waals surface area contributed by atoms with Crippen LogP contribution in [0.5, 0.6) is 0 Å². The standard InChI is InChI=1S/C8H12ClN3S/c1-2-6-3-4-12(5-6)8-7(9)10-13-11-8/h6H,2-5H2,1H3. The molecule has 0 saturated carbocycles. The molecule has 0 radical (unpaired) electrons. The molecule has 1 saturated heterocycles. The van der Waals surface area contributed by atoms with Crippen LogP contribution >= 0.6 is 23.3 Å². The van der Waals surface area contributed by atoms with Gasteiger partial charge < -0.3 is 4.90 Å². The molecule has 1 aliphatic rings. The average Bonchev–Trinajstić information content (AvgIpc) is 2.71. The molecule has 0 aliphatic carbocycles. The Labute approximate surface area is 87.0 Å². The normalized spacial score (nSPS) is 22.6. The van der Waals surface area contributed by atoms with Gasteiger partial charge in [0.1, 0.15) is 0 Å². The molecule has 13 heavy (non-hydrogen) atoms. The zero-order valence-corrected chi connectivity index (χ0v) is 9.11. The first-order valence-corrected chi connectivity index (χ1v) is 5.65. The van der Waals surface area contributed by atoms with Gasteiger partial charge in [0.05, 0.1) is 11.7 Å². The molecular weight excluding hydrogens is 206 g/mol. The van der Waals surface area contributed by atoms with E-state index in [9.17, 15) is 0 Å². The fourth-order valence-corrected chi connectivity index (χ4v) is 2.50. The first-order valence-electron chi connectivity index (χ1n) is 4.54. The van der Waals surface area contributed by atoms with Crippen LogP contribution in [0.2, 0.25) is 5.15 Å². The van der Waals surface area contributed by atoms with Gasteiger partial charge in [-0.05, 0) is 12.3 Å². The highest BCUT2D eigenvalue weighted by Gasteiger charge is 2.24. The highest BCUT2D eigenvalue weighted by atomic mass is 35.5. The van der Waals surface area contributed by atoms with Gasteiger partial charge in [-0.3, -0.25) is 0 Å². The summed E-state index contributed by atoms with van der Waals surface area (Å²) in [6.45, 7) is 4.39. The van der Waals surface area contributed by atoms with Crippen LogP contribution in [0.3, 0.4) is 0 Å². The van der Waals surface area contributed by atoms with Crippen LogP contribution in [0.15, 0.2) is 0 Å². The Balaban J connectivity index is 2.08. The maximum atomic E-state index is 5.91. The average molecular weight is 218 g/mol. The maximum Gasteiger partial charge on any atom is 0.187 e. The molecule has 2 rings (SSSR count). The van der Waals surface area contributed by atoms with Gasteiger partial charge >= 0.3 is 0 Å². The van der Waals surface area contributed by atoms with Crippen LogP contribution in [0, 0.1) is 5.92 Å². The van der Waals surface area contributed by atoms with Gasteiger partial charge in [-0.1, -0.05) is 24.9 Å². The second-order valence-corrected chi connectivity index (χ2v) is 4.27. The Bertz CT molecular complexity index is 289. The molecule has 1 aliphatic heterocycles. The third-order valence-corrected chi connectivity index (χ3v) is 3.47. The molecule has 0 N–H and O–H groups in total. The molecule has 5 heteroatoms. The van der Waals surface area contributed by atoms with Crippen LogP contribution in [0.25, 0.3) is 0 Å². The van der Waals surface area contributed by atoms with E-state index in [1.54, 1.807) is 0 Å². The predicted molar refractivity (Wildman–Crippen MR) is 55.5 cm³/mol. The minimum absolute atomic E-state index is 0.557. The predicted octanol–water partition coefficient (Wildman–Crippen LogP) is 2.43. The van der Waals surface area contributed by atoms with Crippen LogP contribution in [-0.4, -0.2) is 21.8 Å². The van der Waals surface area contributed by atoms with E-state index in [1.807, 2.05) is 0 Å².